The van der Waals surface area contributed by atoms with Crippen LogP contribution in [0.2, 0.25) is 0 Å². The Morgan fingerprint density at radius 1 is 1.57 bits per heavy atom. The first-order chi connectivity index (χ1) is 10.0. The molecule has 2 aromatic rings. The molecule has 0 amide bonds. The lowest BCUT2D eigenvalue weighted by atomic mass is 10.1. The van der Waals surface area contributed by atoms with Gasteiger partial charge >= 0.3 is 5.97 Å². The summed E-state index contributed by atoms with van der Waals surface area (Å²) in [5.41, 5.74) is 7.69. The second kappa shape index (κ2) is 5.77. The van der Waals surface area contributed by atoms with Crippen molar-refractivity contribution in [3.05, 3.63) is 23.3 Å². The predicted molar refractivity (Wildman–Crippen MR) is 69.3 cm³/mol. The van der Waals surface area contributed by atoms with E-state index in [0.717, 1.165) is 12.3 Å². The molecule has 0 atom stereocenters. The number of hydrazone groups is 1. The fourth-order valence-electron chi connectivity index (χ4n) is 1.54. The normalized spacial score (nSPS) is 10.7. The van der Waals surface area contributed by atoms with E-state index in [9.17, 15) is 9.90 Å². The van der Waals surface area contributed by atoms with Gasteiger partial charge in [-0.2, -0.15) is 5.10 Å². The minimum absolute atomic E-state index is 0.0139. The number of hydrogen-bond donors (Lipinski definition) is 3. The molecule has 1 aromatic heterocycles. The summed E-state index contributed by atoms with van der Waals surface area (Å²) in [7, 11) is 1.26. The number of carboxylic acids is 1. The zero-order chi connectivity index (χ0) is 15.4. The van der Waals surface area contributed by atoms with Gasteiger partial charge in [0, 0.05) is 0 Å². The van der Waals surface area contributed by atoms with E-state index in [2.05, 4.69) is 25.5 Å². The number of aromatic nitrogens is 2. The Balaban J connectivity index is 2.35. The van der Waals surface area contributed by atoms with Crippen molar-refractivity contribution < 1.29 is 24.4 Å². The van der Waals surface area contributed by atoms with Gasteiger partial charge in [0.05, 0.1) is 24.5 Å². The molecule has 0 aliphatic rings. The minimum Gasteiger partial charge on any atom is -0.870 e. The highest BCUT2D eigenvalue weighted by Gasteiger charge is 2.14. The second-order valence-corrected chi connectivity index (χ2v) is 3.73. The summed E-state index contributed by atoms with van der Waals surface area (Å²) in [6, 6.07) is 2.27. The molecule has 0 unspecified atom stereocenters. The van der Waals surface area contributed by atoms with Crippen molar-refractivity contribution in [3.63, 3.8) is 0 Å². The first-order valence-electron chi connectivity index (χ1n) is 5.53. The van der Waals surface area contributed by atoms with Crippen molar-refractivity contribution >= 4 is 23.8 Å². The van der Waals surface area contributed by atoms with Crippen LogP contribution in [-0.4, -0.2) is 34.7 Å². The smallest absolute Gasteiger partial charge is 0.336 e. The highest BCUT2D eigenvalue weighted by Crippen LogP contribution is 2.29. The number of nitrogens with zero attached hydrogens (tertiary/aromatic N) is 3. The van der Waals surface area contributed by atoms with Crippen LogP contribution in [0.15, 0.2) is 21.9 Å². The number of methoxy groups -OCH3 is 1. The maximum absolute atomic E-state index is 11.6. The number of nitrogens with two attached hydrogens (primary N) is 1. The van der Waals surface area contributed by atoms with Crippen molar-refractivity contribution in [2.24, 2.45) is 5.10 Å². The number of benzene rings is 1. The summed E-state index contributed by atoms with van der Waals surface area (Å²) in [5, 5.41) is 31.2. The van der Waals surface area contributed by atoms with E-state index < -0.39 is 11.7 Å². The number of ether oxygens (including phenoxy) is 1. The maximum atomic E-state index is 11.6. The Hall–Kier alpha value is -3.30. The lowest BCUT2D eigenvalue weighted by Crippen LogP contribution is -2.07. The fraction of sp³-hybridized carbons (Fsp3) is 0.0909. The molecular weight excluding hydrogens is 282 g/mol. The number of rotatable bonds is 5. The van der Waals surface area contributed by atoms with Crippen LogP contribution >= 0.6 is 0 Å². The number of aromatic carboxylic acids is 1. The van der Waals surface area contributed by atoms with Gasteiger partial charge in [0.1, 0.15) is 5.75 Å². The zero-order valence-electron chi connectivity index (χ0n) is 10.7. The molecule has 10 heteroatoms. The molecule has 21 heavy (non-hydrogen) atoms. The number of carboxylic acid groups (broad SMARTS) is 1. The molecule has 1 aromatic carbocycles. The van der Waals surface area contributed by atoms with Crippen LogP contribution in [0.3, 0.4) is 0 Å². The third-order valence-electron chi connectivity index (χ3n) is 2.47. The molecule has 10 nitrogen and oxygen atoms in total. The largest absolute Gasteiger partial charge is 0.870 e. The Bertz CT molecular complexity index is 696. The van der Waals surface area contributed by atoms with Gasteiger partial charge in [0.2, 0.25) is 11.6 Å². The van der Waals surface area contributed by atoms with E-state index in [1.165, 1.54) is 13.2 Å². The molecule has 0 fully saturated rings. The third-order valence-corrected chi connectivity index (χ3v) is 2.47. The van der Waals surface area contributed by atoms with Gasteiger partial charge in [-0.05, 0) is 16.4 Å². The first kappa shape index (κ1) is 14.1. The lowest BCUT2D eigenvalue weighted by Gasteiger charge is -2.16. The van der Waals surface area contributed by atoms with Gasteiger partial charge in [-0.25, -0.2) is 9.42 Å². The maximum Gasteiger partial charge on any atom is 0.336 e. The molecule has 0 saturated heterocycles. The fourth-order valence-corrected chi connectivity index (χ4v) is 1.54. The van der Waals surface area contributed by atoms with E-state index in [0.29, 0.717) is 0 Å². The molecular formula is C11H10N5O5-. The molecule has 0 radical (unpaired) electrons. The average molecular weight is 292 g/mol. The van der Waals surface area contributed by atoms with Crippen LogP contribution < -0.4 is 21.0 Å². The summed E-state index contributed by atoms with van der Waals surface area (Å²) < 4.78 is 9.26. The van der Waals surface area contributed by atoms with Crippen molar-refractivity contribution in [2.45, 2.75) is 0 Å². The molecule has 0 saturated carbocycles. The van der Waals surface area contributed by atoms with E-state index in [1.54, 1.807) is 0 Å². The molecule has 0 aliphatic heterocycles. The molecule has 2 rings (SSSR count). The van der Waals surface area contributed by atoms with E-state index in [4.69, 9.17) is 15.6 Å². The molecule has 1 heterocycles. The Labute approximate surface area is 117 Å². The second-order valence-electron chi connectivity index (χ2n) is 3.73. The van der Waals surface area contributed by atoms with Crippen LogP contribution in [0.1, 0.15) is 15.9 Å². The van der Waals surface area contributed by atoms with Gasteiger partial charge in [-0.3, -0.25) is 5.43 Å². The summed E-state index contributed by atoms with van der Waals surface area (Å²) in [4.78, 5) is 11.2. The predicted octanol–water partition coefficient (Wildman–Crippen LogP) is -0.122. The van der Waals surface area contributed by atoms with Gasteiger partial charge < -0.3 is 20.7 Å². The first-order valence-corrected chi connectivity index (χ1v) is 5.53. The summed E-state index contributed by atoms with van der Waals surface area (Å²) >= 11 is 0. The molecule has 0 bridgehead atoms. The number of anilines is 2. The summed E-state index contributed by atoms with van der Waals surface area (Å²) in [6.45, 7) is 0. The van der Waals surface area contributed by atoms with Crippen molar-refractivity contribution in [3.8, 4) is 11.5 Å². The number of nitrogens with one attached hydrogen (secondary N) is 1. The quantitative estimate of drug-likeness (QED) is 0.504. The average Bonchev–Trinajstić information content (AvgIpc) is 2.84. The van der Waals surface area contributed by atoms with E-state index in [1.807, 2.05) is 0 Å². The van der Waals surface area contributed by atoms with Crippen molar-refractivity contribution in [1.82, 2.24) is 10.3 Å². The SMILES string of the molecule is COc1c([O-])ccc(C(=O)O)c1/C=N/Nc1nonc1N. The standard InChI is InChI=1S/C11H11N5O5/c1-20-8-6(5(11(18)19)2-3-7(8)17)4-13-14-10-9(12)15-21-16-10/h2-4,17H,1H3,(H2,12,15)(H,14,16)(H,18,19)/p-1/b13-4+. The molecule has 0 spiro atoms. The summed E-state index contributed by atoms with van der Waals surface area (Å²) in [6.07, 6.45) is 1.11. The molecule has 0 aliphatic carbocycles. The van der Waals surface area contributed by atoms with Crippen LogP contribution in [0, 0.1) is 0 Å². The van der Waals surface area contributed by atoms with Crippen LogP contribution in [0.5, 0.6) is 11.5 Å². The number of nitrogen functional groups attached to an aromatic ring is 1. The Kier molecular flexibility index (Phi) is 3.88. The van der Waals surface area contributed by atoms with Crippen LogP contribution in [0.4, 0.5) is 11.6 Å². The van der Waals surface area contributed by atoms with Crippen molar-refractivity contribution in [2.75, 3.05) is 18.3 Å². The number of hydrogen-bond acceptors (Lipinski definition) is 9. The van der Waals surface area contributed by atoms with E-state index >= 15 is 0 Å². The van der Waals surface area contributed by atoms with Gasteiger partial charge in [0.15, 0.2) is 0 Å². The third kappa shape index (κ3) is 2.83. The zero-order valence-corrected chi connectivity index (χ0v) is 10.7. The molecule has 4 N–H and O–H groups in total. The van der Waals surface area contributed by atoms with Crippen molar-refractivity contribution in [1.29, 1.82) is 0 Å². The molecule has 110 valence electrons. The topological polar surface area (TPSA) is 159 Å². The lowest BCUT2D eigenvalue weighted by molar-refractivity contribution is -0.270. The van der Waals surface area contributed by atoms with E-state index in [-0.39, 0.29) is 28.5 Å². The minimum atomic E-state index is -1.22. The van der Waals surface area contributed by atoms with Crippen LogP contribution in [-0.2, 0) is 0 Å². The Morgan fingerprint density at radius 2 is 2.33 bits per heavy atom. The highest BCUT2D eigenvalue weighted by atomic mass is 16.6. The van der Waals surface area contributed by atoms with Gasteiger partial charge in [-0.15, -0.1) is 0 Å². The number of carbonyl (C=O) groups is 1. The van der Waals surface area contributed by atoms with Gasteiger partial charge in [-0.1, -0.05) is 11.8 Å². The monoisotopic (exact) mass is 292 g/mol. The summed E-state index contributed by atoms with van der Waals surface area (Å²) in [5.74, 6) is -1.79. The van der Waals surface area contributed by atoms with Crippen LogP contribution in [0.25, 0.3) is 0 Å². The Morgan fingerprint density at radius 3 is 2.90 bits per heavy atom. The highest BCUT2D eigenvalue weighted by molar-refractivity contribution is 6.01. The van der Waals surface area contributed by atoms with Gasteiger partial charge in [0.25, 0.3) is 0 Å².